The lowest BCUT2D eigenvalue weighted by molar-refractivity contribution is -0.124. The Labute approximate surface area is 115 Å². The molecule has 0 saturated carbocycles. The monoisotopic (exact) mass is 267 g/mol. The van der Waals surface area contributed by atoms with Crippen molar-refractivity contribution in [3.05, 3.63) is 11.9 Å². The third-order valence-electron chi connectivity index (χ3n) is 3.07. The molecule has 0 aliphatic heterocycles. The molecule has 2 atom stereocenters. The number of rotatable bonds is 8. The van der Waals surface area contributed by atoms with Gasteiger partial charge in [0.05, 0.1) is 11.9 Å². The van der Waals surface area contributed by atoms with E-state index in [1.807, 2.05) is 27.0 Å². The van der Waals surface area contributed by atoms with Gasteiger partial charge in [0.1, 0.15) is 6.04 Å². The van der Waals surface area contributed by atoms with E-state index in [9.17, 15) is 4.79 Å². The molecule has 1 heterocycles. The Morgan fingerprint density at radius 2 is 2.16 bits per heavy atom. The predicted octanol–water partition coefficient (Wildman–Crippen LogP) is 1.25. The molecule has 19 heavy (non-hydrogen) atoms. The Kier molecular flexibility index (Phi) is 6.49. The van der Waals surface area contributed by atoms with Crippen LogP contribution in [0.25, 0.3) is 0 Å². The molecule has 1 rings (SSSR count). The van der Waals surface area contributed by atoms with Crippen molar-refractivity contribution in [2.45, 2.75) is 59.2 Å². The SMILES string of the molecule is CCCNCc1cn(C(C)C(=O)NC(C)CC)nn1. The summed E-state index contributed by atoms with van der Waals surface area (Å²) in [6.07, 6.45) is 3.83. The van der Waals surface area contributed by atoms with Crippen molar-refractivity contribution in [1.82, 2.24) is 25.6 Å². The quantitative estimate of drug-likeness (QED) is 0.695. The van der Waals surface area contributed by atoms with Crippen molar-refractivity contribution in [3.63, 3.8) is 0 Å². The van der Waals surface area contributed by atoms with Crippen LogP contribution in [0.2, 0.25) is 0 Å². The summed E-state index contributed by atoms with van der Waals surface area (Å²) in [5.41, 5.74) is 0.858. The van der Waals surface area contributed by atoms with E-state index in [1.165, 1.54) is 0 Å². The van der Waals surface area contributed by atoms with Crippen LogP contribution in [0.15, 0.2) is 6.20 Å². The lowest BCUT2D eigenvalue weighted by atomic mass is 10.2. The molecule has 6 nitrogen and oxygen atoms in total. The molecule has 0 aliphatic carbocycles. The zero-order valence-corrected chi connectivity index (χ0v) is 12.3. The summed E-state index contributed by atoms with van der Waals surface area (Å²) in [6, 6.07) is -0.148. The molecule has 0 fully saturated rings. The van der Waals surface area contributed by atoms with Crippen molar-refractivity contribution >= 4 is 5.91 Å². The van der Waals surface area contributed by atoms with Gasteiger partial charge in [-0.25, -0.2) is 4.68 Å². The van der Waals surface area contributed by atoms with E-state index >= 15 is 0 Å². The molecule has 0 spiro atoms. The van der Waals surface area contributed by atoms with Gasteiger partial charge >= 0.3 is 0 Å². The Hall–Kier alpha value is -1.43. The minimum atomic E-state index is -0.332. The average Bonchev–Trinajstić information content (AvgIpc) is 2.86. The van der Waals surface area contributed by atoms with Gasteiger partial charge in [-0.2, -0.15) is 0 Å². The fourth-order valence-electron chi connectivity index (χ4n) is 1.56. The lowest BCUT2D eigenvalue weighted by Crippen LogP contribution is -2.37. The minimum absolute atomic E-state index is 0.0210. The second kappa shape index (κ2) is 7.89. The molecular weight excluding hydrogens is 242 g/mol. The smallest absolute Gasteiger partial charge is 0.244 e. The van der Waals surface area contributed by atoms with Gasteiger partial charge < -0.3 is 10.6 Å². The molecule has 6 heteroatoms. The van der Waals surface area contributed by atoms with E-state index in [0.717, 1.165) is 25.1 Å². The van der Waals surface area contributed by atoms with Gasteiger partial charge in [-0.15, -0.1) is 5.10 Å². The first-order valence-electron chi connectivity index (χ1n) is 7.00. The number of nitrogens with zero attached hydrogens (tertiary/aromatic N) is 3. The third kappa shape index (κ3) is 4.98. The summed E-state index contributed by atoms with van der Waals surface area (Å²) in [7, 11) is 0. The maximum Gasteiger partial charge on any atom is 0.244 e. The van der Waals surface area contributed by atoms with Gasteiger partial charge in [-0.1, -0.05) is 19.1 Å². The molecule has 108 valence electrons. The topological polar surface area (TPSA) is 71.8 Å². The first-order chi connectivity index (χ1) is 9.08. The van der Waals surface area contributed by atoms with E-state index < -0.39 is 0 Å². The van der Waals surface area contributed by atoms with E-state index in [4.69, 9.17) is 0 Å². The highest BCUT2D eigenvalue weighted by atomic mass is 16.2. The number of nitrogens with one attached hydrogen (secondary N) is 2. The molecule has 0 bridgehead atoms. The molecule has 2 N–H and O–H groups in total. The minimum Gasteiger partial charge on any atom is -0.352 e. The predicted molar refractivity (Wildman–Crippen MR) is 74.6 cm³/mol. The van der Waals surface area contributed by atoms with Crippen molar-refractivity contribution in [2.24, 2.45) is 0 Å². The van der Waals surface area contributed by atoms with Gasteiger partial charge in [0, 0.05) is 12.6 Å². The van der Waals surface area contributed by atoms with Crippen molar-refractivity contribution in [3.8, 4) is 0 Å². The summed E-state index contributed by atoms with van der Waals surface area (Å²) in [5, 5.41) is 14.3. The van der Waals surface area contributed by atoms with Crippen LogP contribution in [0.4, 0.5) is 0 Å². The molecule has 0 radical (unpaired) electrons. The Morgan fingerprint density at radius 1 is 1.42 bits per heavy atom. The maximum atomic E-state index is 12.0. The number of carbonyl (C=O) groups excluding carboxylic acids is 1. The number of hydrogen-bond donors (Lipinski definition) is 2. The standard InChI is InChI=1S/C13H25N5O/c1-5-7-14-8-12-9-18(17-16-12)11(4)13(19)15-10(3)6-2/h9-11,14H,5-8H2,1-4H3,(H,15,19). The second-order valence-corrected chi connectivity index (χ2v) is 4.86. The van der Waals surface area contributed by atoms with Crippen LogP contribution in [-0.4, -0.2) is 33.5 Å². The van der Waals surface area contributed by atoms with E-state index in [2.05, 4.69) is 27.9 Å². The van der Waals surface area contributed by atoms with Crippen molar-refractivity contribution < 1.29 is 4.79 Å². The molecule has 2 unspecified atom stereocenters. The van der Waals surface area contributed by atoms with Gasteiger partial charge in [0.25, 0.3) is 0 Å². The lowest BCUT2D eigenvalue weighted by Gasteiger charge is -2.15. The fourth-order valence-corrected chi connectivity index (χ4v) is 1.56. The molecule has 0 aliphatic rings. The van der Waals surface area contributed by atoms with Crippen molar-refractivity contribution in [1.29, 1.82) is 0 Å². The third-order valence-corrected chi connectivity index (χ3v) is 3.07. The summed E-state index contributed by atoms with van der Waals surface area (Å²) in [6.45, 7) is 9.62. The van der Waals surface area contributed by atoms with E-state index in [1.54, 1.807) is 4.68 Å². The van der Waals surface area contributed by atoms with Crippen LogP contribution in [0.1, 0.15) is 52.3 Å². The Bertz CT molecular complexity index is 390. The average molecular weight is 267 g/mol. The van der Waals surface area contributed by atoms with Gasteiger partial charge in [0.2, 0.25) is 5.91 Å². The number of hydrogen-bond acceptors (Lipinski definition) is 4. The largest absolute Gasteiger partial charge is 0.352 e. The van der Waals surface area contributed by atoms with Crippen LogP contribution in [-0.2, 0) is 11.3 Å². The summed E-state index contributed by atoms with van der Waals surface area (Å²) in [4.78, 5) is 12.0. The van der Waals surface area contributed by atoms with Gasteiger partial charge in [0.15, 0.2) is 0 Å². The van der Waals surface area contributed by atoms with Crippen LogP contribution in [0.3, 0.4) is 0 Å². The first-order valence-corrected chi connectivity index (χ1v) is 7.00. The Balaban J connectivity index is 2.52. The highest BCUT2D eigenvalue weighted by Gasteiger charge is 2.17. The molecule has 1 amide bonds. The van der Waals surface area contributed by atoms with E-state index in [-0.39, 0.29) is 18.0 Å². The fraction of sp³-hybridized carbons (Fsp3) is 0.769. The summed E-state index contributed by atoms with van der Waals surface area (Å²) >= 11 is 0. The highest BCUT2D eigenvalue weighted by Crippen LogP contribution is 2.05. The zero-order chi connectivity index (χ0) is 14.3. The second-order valence-electron chi connectivity index (χ2n) is 4.86. The van der Waals surface area contributed by atoms with Crippen LogP contribution < -0.4 is 10.6 Å². The Morgan fingerprint density at radius 3 is 2.79 bits per heavy atom. The zero-order valence-electron chi connectivity index (χ0n) is 12.3. The summed E-state index contributed by atoms with van der Waals surface area (Å²) in [5.74, 6) is -0.0210. The van der Waals surface area contributed by atoms with Crippen molar-refractivity contribution in [2.75, 3.05) is 6.54 Å². The molecule has 1 aromatic heterocycles. The van der Waals surface area contributed by atoms with Crippen LogP contribution >= 0.6 is 0 Å². The first kappa shape index (κ1) is 15.6. The van der Waals surface area contributed by atoms with Crippen LogP contribution in [0, 0.1) is 0 Å². The number of aromatic nitrogens is 3. The molecule has 0 saturated heterocycles. The molecular formula is C13H25N5O. The number of amides is 1. The molecule has 0 aromatic carbocycles. The molecule has 1 aromatic rings. The normalized spacial score (nSPS) is 14.1. The van der Waals surface area contributed by atoms with E-state index in [0.29, 0.717) is 6.54 Å². The summed E-state index contributed by atoms with van der Waals surface area (Å²) < 4.78 is 1.61. The van der Waals surface area contributed by atoms with Crippen LogP contribution in [0.5, 0.6) is 0 Å². The highest BCUT2D eigenvalue weighted by molar-refractivity contribution is 5.79. The van der Waals surface area contributed by atoms with Gasteiger partial charge in [-0.05, 0) is 33.2 Å². The number of carbonyl (C=O) groups is 1. The maximum absolute atomic E-state index is 12.0. The van der Waals surface area contributed by atoms with Gasteiger partial charge in [-0.3, -0.25) is 4.79 Å².